The summed E-state index contributed by atoms with van der Waals surface area (Å²) in [5, 5.41) is 18.1. The number of aliphatic hydroxyl groups excluding tert-OH is 1. The number of hydrogen-bond acceptors (Lipinski definition) is 5. The average Bonchev–Trinajstić information content (AvgIpc) is 3.26. The molecular weight excluding hydrogens is 335 g/mol. The van der Waals surface area contributed by atoms with Gasteiger partial charge in [0.25, 0.3) is 0 Å². The van der Waals surface area contributed by atoms with Crippen LogP contribution in [0.1, 0.15) is 31.2 Å². The molecule has 134 valence electrons. The third-order valence-electron chi connectivity index (χ3n) is 4.34. The van der Waals surface area contributed by atoms with Gasteiger partial charge in [-0.1, -0.05) is 13.8 Å². The zero-order valence-electron chi connectivity index (χ0n) is 14.5. The van der Waals surface area contributed by atoms with Crippen molar-refractivity contribution in [2.45, 2.75) is 26.0 Å². The summed E-state index contributed by atoms with van der Waals surface area (Å²) in [5.74, 6) is 1.42. The Balaban J connectivity index is 1.73. The number of benzene rings is 1. The van der Waals surface area contributed by atoms with Crippen LogP contribution >= 0.6 is 0 Å². The zero-order chi connectivity index (χ0) is 18.3. The van der Waals surface area contributed by atoms with Gasteiger partial charge < -0.3 is 14.7 Å². The summed E-state index contributed by atoms with van der Waals surface area (Å²) in [6, 6.07) is 9.86. The van der Waals surface area contributed by atoms with Crippen LogP contribution in [-0.4, -0.2) is 32.5 Å². The van der Waals surface area contributed by atoms with Crippen molar-refractivity contribution < 1.29 is 14.2 Å². The van der Waals surface area contributed by atoms with E-state index in [0.29, 0.717) is 5.76 Å². The maximum atomic E-state index is 13.2. The summed E-state index contributed by atoms with van der Waals surface area (Å²) in [4.78, 5) is 1.79. The van der Waals surface area contributed by atoms with Crippen LogP contribution in [0.2, 0.25) is 0 Å². The van der Waals surface area contributed by atoms with E-state index in [2.05, 4.69) is 24.0 Å². The molecule has 4 rings (SSSR count). The Kier molecular flexibility index (Phi) is 4.08. The van der Waals surface area contributed by atoms with E-state index in [1.807, 2.05) is 28.9 Å². The van der Waals surface area contributed by atoms with Gasteiger partial charge in [0, 0.05) is 23.4 Å². The Bertz CT molecular complexity index is 965. The first-order valence-electron chi connectivity index (χ1n) is 8.45. The third kappa shape index (κ3) is 2.80. The topological polar surface area (TPSA) is 62.9 Å². The van der Waals surface area contributed by atoms with Gasteiger partial charge in [0.05, 0.1) is 12.8 Å². The Morgan fingerprint density at radius 1 is 1.15 bits per heavy atom. The molecule has 0 aliphatic carbocycles. The molecule has 0 amide bonds. The molecule has 7 heteroatoms. The number of rotatable bonds is 4. The fraction of sp³-hybridized carbons (Fsp3) is 0.263. The second-order valence-electron chi connectivity index (χ2n) is 6.49. The Labute approximate surface area is 150 Å². The van der Waals surface area contributed by atoms with Crippen molar-refractivity contribution in [1.82, 2.24) is 14.6 Å². The van der Waals surface area contributed by atoms with Crippen LogP contribution in [0, 0.1) is 5.82 Å². The van der Waals surface area contributed by atoms with Gasteiger partial charge in [-0.25, -0.2) is 4.39 Å². The molecule has 1 aliphatic rings. The van der Waals surface area contributed by atoms with Crippen LogP contribution in [0.3, 0.4) is 0 Å². The lowest BCUT2D eigenvalue weighted by atomic mass is 10.2. The molecular formula is C19H19FN4O2. The molecule has 1 aromatic carbocycles. The summed E-state index contributed by atoms with van der Waals surface area (Å²) < 4.78 is 21.0. The second kappa shape index (κ2) is 6.42. The number of halogens is 1. The van der Waals surface area contributed by atoms with Crippen molar-refractivity contribution >= 4 is 17.1 Å². The van der Waals surface area contributed by atoms with Crippen molar-refractivity contribution in [2.75, 3.05) is 11.5 Å². The minimum absolute atomic E-state index is 0.191. The number of aliphatic hydroxyl groups is 1. The number of hydrogen-bond donors (Lipinski definition) is 1. The zero-order valence-corrected chi connectivity index (χ0v) is 14.5. The SMILES string of the molecule is CC(C)c1nnc2ccc(C3=CN(c4ccc(F)cc4)C(CO)O3)cn12. The third-order valence-corrected chi connectivity index (χ3v) is 4.34. The van der Waals surface area contributed by atoms with Gasteiger partial charge in [0.15, 0.2) is 11.9 Å². The van der Waals surface area contributed by atoms with Gasteiger partial charge in [0.2, 0.25) is 0 Å². The van der Waals surface area contributed by atoms with Crippen LogP contribution in [0.15, 0.2) is 48.8 Å². The first-order chi connectivity index (χ1) is 12.6. The highest BCUT2D eigenvalue weighted by molar-refractivity contribution is 5.68. The molecule has 0 radical (unpaired) electrons. The smallest absolute Gasteiger partial charge is 0.199 e. The maximum absolute atomic E-state index is 13.2. The van der Waals surface area contributed by atoms with E-state index in [9.17, 15) is 9.50 Å². The number of ether oxygens (including phenoxy) is 1. The Hall–Kier alpha value is -2.93. The number of fused-ring (bicyclic) bond motifs is 1. The normalized spacial score (nSPS) is 17.0. The largest absolute Gasteiger partial charge is 0.465 e. The highest BCUT2D eigenvalue weighted by Crippen LogP contribution is 2.31. The van der Waals surface area contributed by atoms with E-state index in [1.165, 1.54) is 12.1 Å². The van der Waals surface area contributed by atoms with E-state index < -0.39 is 6.23 Å². The van der Waals surface area contributed by atoms with Crippen LogP contribution in [0.4, 0.5) is 10.1 Å². The van der Waals surface area contributed by atoms with Crippen molar-refractivity contribution in [1.29, 1.82) is 0 Å². The quantitative estimate of drug-likeness (QED) is 0.780. The molecule has 0 spiro atoms. The maximum Gasteiger partial charge on any atom is 0.199 e. The molecule has 1 N–H and O–H groups in total. The lowest BCUT2D eigenvalue weighted by molar-refractivity contribution is 0.110. The Morgan fingerprint density at radius 3 is 2.62 bits per heavy atom. The van der Waals surface area contributed by atoms with Gasteiger partial charge in [-0.3, -0.25) is 4.40 Å². The van der Waals surface area contributed by atoms with Crippen molar-refractivity contribution in [3.63, 3.8) is 0 Å². The number of aromatic nitrogens is 3. The van der Waals surface area contributed by atoms with Gasteiger partial charge >= 0.3 is 0 Å². The fourth-order valence-corrected chi connectivity index (χ4v) is 3.01. The molecule has 3 aromatic rings. The summed E-state index contributed by atoms with van der Waals surface area (Å²) in [6.45, 7) is 3.93. The molecule has 0 saturated heterocycles. The van der Waals surface area contributed by atoms with E-state index >= 15 is 0 Å². The van der Waals surface area contributed by atoms with Gasteiger partial charge in [-0.15, -0.1) is 10.2 Å². The van der Waals surface area contributed by atoms with Crippen molar-refractivity contribution in [3.05, 3.63) is 66.0 Å². The van der Waals surface area contributed by atoms with E-state index in [0.717, 1.165) is 22.7 Å². The number of nitrogens with zero attached hydrogens (tertiary/aromatic N) is 4. The monoisotopic (exact) mass is 354 g/mol. The van der Waals surface area contributed by atoms with Gasteiger partial charge in [-0.05, 0) is 36.4 Å². The van der Waals surface area contributed by atoms with E-state index in [-0.39, 0.29) is 18.3 Å². The van der Waals surface area contributed by atoms with Crippen molar-refractivity contribution in [3.8, 4) is 0 Å². The van der Waals surface area contributed by atoms with Crippen LogP contribution < -0.4 is 4.90 Å². The Morgan fingerprint density at radius 2 is 1.92 bits per heavy atom. The van der Waals surface area contributed by atoms with Crippen molar-refractivity contribution in [2.24, 2.45) is 0 Å². The lowest BCUT2D eigenvalue weighted by Crippen LogP contribution is -2.31. The standard InChI is InChI=1S/C19H19FN4O2/c1-12(2)19-22-21-17-8-3-13(9-24(17)19)16-10-23(18(11-25)26-16)15-6-4-14(20)5-7-15/h3-10,12,18,25H,11H2,1-2H3. The second-order valence-corrected chi connectivity index (χ2v) is 6.49. The van der Waals surface area contributed by atoms with E-state index in [4.69, 9.17) is 4.74 Å². The molecule has 6 nitrogen and oxygen atoms in total. The molecule has 26 heavy (non-hydrogen) atoms. The lowest BCUT2D eigenvalue weighted by Gasteiger charge is -2.22. The predicted molar refractivity (Wildman–Crippen MR) is 95.9 cm³/mol. The summed E-state index contributed by atoms with van der Waals surface area (Å²) in [7, 11) is 0. The average molecular weight is 354 g/mol. The fourth-order valence-electron chi connectivity index (χ4n) is 3.01. The molecule has 1 unspecified atom stereocenters. The first-order valence-corrected chi connectivity index (χ1v) is 8.45. The first kappa shape index (κ1) is 16.5. The molecule has 2 aromatic heterocycles. The highest BCUT2D eigenvalue weighted by Gasteiger charge is 2.27. The summed E-state index contributed by atoms with van der Waals surface area (Å²) >= 11 is 0. The molecule has 1 atom stereocenters. The van der Waals surface area contributed by atoms with E-state index in [1.54, 1.807) is 17.0 Å². The minimum atomic E-state index is -0.559. The van der Waals surface area contributed by atoms with Crippen LogP contribution in [-0.2, 0) is 4.74 Å². The number of anilines is 1. The van der Waals surface area contributed by atoms with Crippen LogP contribution in [0.25, 0.3) is 11.4 Å². The van der Waals surface area contributed by atoms with Gasteiger partial charge in [-0.2, -0.15) is 0 Å². The number of pyridine rings is 1. The summed E-state index contributed by atoms with van der Waals surface area (Å²) in [6.07, 6.45) is 3.19. The molecule has 0 bridgehead atoms. The highest BCUT2D eigenvalue weighted by atomic mass is 19.1. The predicted octanol–water partition coefficient (Wildman–Crippen LogP) is 3.15. The van der Waals surface area contributed by atoms with Crippen LogP contribution in [0.5, 0.6) is 0 Å². The minimum Gasteiger partial charge on any atom is -0.465 e. The molecule has 0 saturated carbocycles. The molecule has 3 heterocycles. The molecule has 1 aliphatic heterocycles. The van der Waals surface area contributed by atoms with Gasteiger partial charge in [0.1, 0.15) is 17.4 Å². The summed E-state index contributed by atoms with van der Waals surface area (Å²) in [5.41, 5.74) is 2.36. The molecule has 0 fully saturated rings.